The van der Waals surface area contributed by atoms with Crippen LogP contribution in [0.4, 0.5) is 0 Å². The fraction of sp³-hybridized carbons (Fsp3) is 0.579. The molecule has 23 heavy (non-hydrogen) atoms. The number of hydrogen-bond donors (Lipinski definition) is 0. The van der Waals surface area contributed by atoms with Crippen molar-refractivity contribution in [1.29, 1.82) is 0 Å². The normalized spacial score (nSPS) is 15.1. The van der Waals surface area contributed by atoms with Crippen LogP contribution in [0.3, 0.4) is 0 Å². The Morgan fingerprint density at radius 1 is 1.00 bits per heavy atom. The third-order valence-electron chi connectivity index (χ3n) is 4.49. The van der Waals surface area contributed by atoms with Crippen LogP contribution in [-0.4, -0.2) is 47.8 Å². The average molecular weight is 316 g/mol. The molecule has 0 aliphatic carbocycles. The van der Waals surface area contributed by atoms with Gasteiger partial charge in [-0.05, 0) is 30.0 Å². The predicted octanol–water partition coefficient (Wildman–Crippen LogP) is 3.28. The summed E-state index contributed by atoms with van der Waals surface area (Å²) >= 11 is 0. The Kier molecular flexibility index (Phi) is 6.20. The molecule has 1 aliphatic heterocycles. The standard InChI is InChI=1S/C19H28N2O2/c1-4-5-6-18(22)20-11-13-21(14-12-20)19(23)17-9-7-16(8-10-17)15(2)3/h7-10,15H,4-6,11-14H2,1-3H3. The highest BCUT2D eigenvalue weighted by atomic mass is 16.2. The second-order valence-corrected chi connectivity index (χ2v) is 6.55. The number of hydrogen-bond acceptors (Lipinski definition) is 2. The monoisotopic (exact) mass is 316 g/mol. The maximum absolute atomic E-state index is 12.6. The highest BCUT2D eigenvalue weighted by Crippen LogP contribution is 2.16. The molecule has 126 valence electrons. The van der Waals surface area contributed by atoms with Crippen molar-refractivity contribution in [3.8, 4) is 0 Å². The van der Waals surface area contributed by atoms with Crippen molar-refractivity contribution in [1.82, 2.24) is 9.80 Å². The van der Waals surface area contributed by atoms with E-state index >= 15 is 0 Å². The molecule has 1 aromatic rings. The van der Waals surface area contributed by atoms with Crippen LogP contribution < -0.4 is 0 Å². The molecule has 1 aromatic carbocycles. The first-order valence-electron chi connectivity index (χ1n) is 8.70. The van der Waals surface area contributed by atoms with Crippen LogP contribution in [0.1, 0.15) is 61.9 Å². The molecule has 0 saturated carbocycles. The molecule has 0 aromatic heterocycles. The number of benzene rings is 1. The number of carbonyl (C=O) groups excluding carboxylic acids is 2. The summed E-state index contributed by atoms with van der Waals surface area (Å²) in [5, 5.41) is 0. The molecule has 1 saturated heterocycles. The van der Waals surface area contributed by atoms with E-state index in [1.54, 1.807) is 0 Å². The van der Waals surface area contributed by atoms with Crippen LogP contribution >= 0.6 is 0 Å². The summed E-state index contributed by atoms with van der Waals surface area (Å²) < 4.78 is 0. The molecule has 2 rings (SSSR count). The molecule has 4 nitrogen and oxygen atoms in total. The molecule has 2 amide bonds. The van der Waals surface area contributed by atoms with E-state index in [4.69, 9.17) is 0 Å². The van der Waals surface area contributed by atoms with Gasteiger partial charge >= 0.3 is 0 Å². The van der Waals surface area contributed by atoms with Crippen LogP contribution in [0.5, 0.6) is 0 Å². The molecule has 1 heterocycles. The highest BCUT2D eigenvalue weighted by Gasteiger charge is 2.24. The van der Waals surface area contributed by atoms with Crippen molar-refractivity contribution in [3.05, 3.63) is 35.4 Å². The molecule has 0 bridgehead atoms. The molecule has 1 fully saturated rings. The van der Waals surface area contributed by atoms with Crippen LogP contribution in [-0.2, 0) is 4.79 Å². The molecule has 0 N–H and O–H groups in total. The van der Waals surface area contributed by atoms with Crippen molar-refractivity contribution in [2.75, 3.05) is 26.2 Å². The summed E-state index contributed by atoms with van der Waals surface area (Å²) in [5.41, 5.74) is 1.98. The van der Waals surface area contributed by atoms with Gasteiger partial charge in [-0.1, -0.05) is 39.3 Å². The minimum absolute atomic E-state index is 0.0703. The van der Waals surface area contributed by atoms with Gasteiger partial charge in [-0.15, -0.1) is 0 Å². The first-order valence-corrected chi connectivity index (χ1v) is 8.70. The molecule has 0 unspecified atom stereocenters. The Hall–Kier alpha value is -1.84. The highest BCUT2D eigenvalue weighted by molar-refractivity contribution is 5.94. The minimum Gasteiger partial charge on any atom is -0.339 e. The first-order chi connectivity index (χ1) is 11.0. The van der Waals surface area contributed by atoms with E-state index in [1.807, 2.05) is 34.1 Å². The summed E-state index contributed by atoms with van der Waals surface area (Å²) in [4.78, 5) is 28.3. The topological polar surface area (TPSA) is 40.6 Å². The van der Waals surface area contributed by atoms with E-state index in [-0.39, 0.29) is 11.8 Å². The molecule has 0 atom stereocenters. The molecular weight excluding hydrogens is 288 g/mol. The van der Waals surface area contributed by atoms with Gasteiger partial charge in [-0.2, -0.15) is 0 Å². The first kappa shape index (κ1) is 17.5. The fourth-order valence-electron chi connectivity index (χ4n) is 2.84. The van der Waals surface area contributed by atoms with Gasteiger partial charge in [0, 0.05) is 38.2 Å². The Morgan fingerprint density at radius 3 is 2.09 bits per heavy atom. The Morgan fingerprint density at radius 2 is 1.57 bits per heavy atom. The minimum atomic E-state index is 0.0703. The van der Waals surface area contributed by atoms with E-state index < -0.39 is 0 Å². The second-order valence-electron chi connectivity index (χ2n) is 6.55. The van der Waals surface area contributed by atoms with Crippen molar-refractivity contribution < 1.29 is 9.59 Å². The molecule has 1 aliphatic rings. The van der Waals surface area contributed by atoms with Crippen molar-refractivity contribution in [3.63, 3.8) is 0 Å². The maximum atomic E-state index is 12.6. The van der Waals surface area contributed by atoms with E-state index in [1.165, 1.54) is 5.56 Å². The van der Waals surface area contributed by atoms with Gasteiger partial charge in [-0.25, -0.2) is 0 Å². The Labute approximate surface area is 139 Å². The predicted molar refractivity (Wildman–Crippen MR) is 92.5 cm³/mol. The van der Waals surface area contributed by atoms with Crippen LogP contribution in [0.15, 0.2) is 24.3 Å². The summed E-state index contributed by atoms with van der Waals surface area (Å²) in [6, 6.07) is 7.89. The number of nitrogens with zero attached hydrogens (tertiary/aromatic N) is 2. The number of rotatable bonds is 5. The van der Waals surface area contributed by atoms with Gasteiger partial charge in [0.25, 0.3) is 5.91 Å². The van der Waals surface area contributed by atoms with Gasteiger partial charge in [0.05, 0.1) is 0 Å². The van der Waals surface area contributed by atoms with Gasteiger partial charge in [0.15, 0.2) is 0 Å². The summed E-state index contributed by atoms with van der Waals surface area (Å²) in [5.74, 6) is 0.762. The van der Waals surface area contributed by atoms with E-state index in [9.17, 15) is 9.59 Å². The molecule has 0 radical (unpaired) electrons. The lowest BCUT2D eigenvalue weighted by Gasteiger charge is -2.35. The second kappa shape index (κ2) is 8.14. The molecule has 4 heteroatoms. The van der Waals surface area contributed by atoms with Crippen LogP contribution in [0.25, 0.3) is 0 Å². The molecular formula is C19H28N2O2. The largest absolute Gasteiger partial charge is 0.339 e. The number of unbranched alkanes of at least 4 members (excludes halogenated alkanes) is 1. The van der Waals surface area contributed by atoms with Crippen LogP contribution in [0, 0.1) is 0 Å². The zero-order valence-electron chi connectivity index (χ0n) is 14.5. The number of piperazine rings is 1. The molecule has 0 spiro atoms. The summed E-state index contributed by atoms with van der Waals surface area (Å²) in [6.07, 6.45) is 2.61. The van der Waals surface area contributed by atoms with E-state index in [0.717, 1.165) is 18.4 Å². The van der Waals surface area contributed by atoms with Gasteiger partial charge in [0.2, 0.25) is 5.91 Å². The quantitative estimate of drug-likeness (QED) is 0.836. The zero-order chi connectivity index (χ0) is 16.8. The Balaban J connectivity index is 1.89. The van der Waals surface area contributed by atoms with Gasteiger partial charge in [-0.3, -0.25) is 9.59 Å². The smallest absolute Gasteiger partial charge is 0.253 e. The van der Waals surface area contributed by atoms with Crippen molar-refractivity contribution >= 4 is 11.8 Å². The van der Waals surface area contributed by atoms with Gasteiger partial charge < -0.3 is 9.80 Å². The van der Waals surface area contributed by atoms with Gasteiger partial charge in [0.1, 0.15) is 0 Å². The maximum Gasteiger partial charge on any atom is 0.253 e. The number of amides is 2. The van der Waals surface area contributed by atoms with Crippen molar-refractivity contribution in [2.45, 2.75) is 46.0 Å². The average Bonchev–Trinajstić information content (AvgIpc) is 2.59. The Bertz CT molecular complexity index is 529. The third kappa shape index (κ3) is 4.57. The lowest BCUT2D eigenvalue weighted by Crippen LogP contribution is -2.50. The van der Waals surface area contributed by atoms with Crippen LogP contribution in [0.2, 0.25) is 0 Å². The summed E-state index contributed by atoms with van der Waals surface area (Å²) in [7, 11) is 0. The lowest BCUT2D eigenvalue weighted by atomic mass is 10.0. The number of carbonyl (C=O) groups is 2. The fourth-order valence-corrected chi connectivity index (χ4v) is 2.84. The van der Waals surface area contributed by atoms with E-state index in [0.29, 0.717) is 38.5 Å². The lowest BCUT2D eigenvalue weighted by molar-refractivity contribution is -0.132. The third-order valence-corrected chi connectivity index (χ3v) is 4.49. The van der Waals surface area contributed by atoms with E-state index in [2.05, 4.69) is 20.8 Å². The zero-order valence-corrected chi connectivity index (χ0v) is 14.5. The summed E-state index contributed by atoms with van der Waals surface area (Å²) in [6.45, 7) is 8.94. The SMILES string of the molecule is CCCCC(=O)N1CCN(C(=O)c2ccc(C(C)C)cc2)CC1. The van der Waals surface area contributed by atoms with Crippen molar-refractivity contribution in [2.24, 2.45) is 0 Å².